The summed E-state index contributed by atoms with van der Waals surface area (Å²) in [4.78, 5) is 28.3. The summed E-state index contributed by atoms with van der Waals surface area (Å²) in [6, 6.07) is 15.6. The summed E-state index contributed by atoms with van der Waals surface area (Å²) in [6.07, 6.45) is 0. The molecule has 0 bridgehead atoms. The number of nitrogens with zero attached hydrogens (tertiary/aromatic N) is 1. The average Bonchev–Trinajstić information content (AvgIpc) is 2.76. The van der Waals surface area contributed by atoms with E-state index in [4.69, 9.17) is 9.16 Å². The monoisotopic (exact) mass is 451 g/mol. The fourth-order valence-corrected chi connectivity index (χ4v) is 4.52. The maximum atomic E-state index is 13.5. The maximum absolute atomic E-state index is 13.5. The minimum atomic E-state index is -2.01. The van der Waals surface area contributed by atoms with Gasteiger partial charge in [-0.25, -0.2) is 0 Å². The van der Waals surface area contributed by atoms with Crippen molar-refractivity contribution >= 4 is 25.7 Å². The van der Waals surface area contributed by atoms with Gasteiger partial charge in [0.1, 0.15) is 11.8 Å². The third kappa shape index (κ3) is 4.57. The zero-order chi connectivity index (χ0) is 23.7. The summed E-state index contributed by atoms with van der Waals surface area (Å²) < 4.78 is 11.5. The number of methoxy groups -OCH3 is 1. The van der Waals surface area contributed by atoms with Crippen LogP contribution in [-0.4, -0.2) is 39.8 Å². The van der Waals surface area contributed by atoms with Crippen LogP contribution in [0.25, 0.3) is 0 Å². The van der Waals surface area contributed by atoms with Crippen molar-refractivity contribution in [3.05, 3.63) is 72.3 Å². The highest BCUT2D eigenvalue weighted by Crippen LogP contribution is 2.41. The standard InChI is InChI=1S/C26H33NO4Si/c1-18(17-31-32(6,7)26(2,3)4)22-23(24(28)19-11-9-8-10-12-19)27(25(22)29)20-13-15-21(30-5)16-14-20/h8-16,22-23H,1,17H2,2-7H3/t22-,23-/m1/s1. The van der Waals surface area contributed by atoms with Crippen LogP contribution in [0.2, 0.25) is 18.1 Å². The number of hydrogen-bond acceptors (Lipinski definition) is 4. The Morgan fingerprint density at radius 3 is 2.19 bits per heavy atom. The number of β-lactam (4-membered cyclic amide) rings is 1. The Hall–Kier alpha value is -2.70. The Bertz CT molecular complexity index is 993. The first-order valence-electron chi connectivity index (χ1n) is 10.9. The maximum Gasteiger partial charge on any atom is 0.237 e. The number of Topliss-reactive ketones (excluding diaryl/α,β-unsaturated/α-hetero) is 1. The van der Waals surface area contributed by atoms with Crippen LogP contribution in [0.3, 0.4) is 0 Å². The molecule has 5 nitrogen and oxygen atoms in total. The molecule has 6 heteroatoms. The fraction of sp³-hybridized carbons (Fsp3) is 0.385. The third-order valence-corrected chi connectivity index (χ3v) is 11.1. The minimum Gasteiger partial charge on any atom is -0.497 e. The molecule has 2 atom stereocenters. The van der Waals surface area contributed by atoms with Crippen molar-refractivity contribution in [1.29, 1.82) is 0 Å². The summed E-state index contributed by atoms with van der Waals surface area (Å²) >= 11 is 0. The van der Waals surface area contributed by atoms with E-state index in [0.717, 1.165) is 0 Å². The van der Waals surface area contributed by atoms with Gasteiger partial charge in [0.2, 0.25) is 5.91 Å². The largest absolute Gasteiger partial charge is 0.497 e. The lowest BCUT2D eigenvalue weighted by Gasteiger charge is -2.47. The van der Waals surface area contributed by atoms with E-state index in [1.165, 1.54) is 0 Å². The minimum absolute atomic E-state index is 0.0469. The molecule has 1 amide bonds. The second-order valence-electron chi connectivity index (χ2n) is 9.77. The molecule has 0 aromatic heterocycles. The van der Waals surface area contributed by atoms with Crippen LogP contribution in [0, 0.1) is 5.92 Å². The van der Waals surface area contributed by atoms with Gasteiger partial charge < -0.3 is 9.16 Å². The number of amides is 1. The van der Waals surface area contributed by atoms with Crippen LogP contribution < -0.4 is 9.64 Å². The molecule has 170 valence electrons. The molecule has 0 aliphatic carbocycles. The van der Waals surface area contributed by atoms with Gasteiger partial charge in [0.25, 0.3) is 0 Å². The molecule has 0 N–H and O–H groups in total. The summed E-state index contributed by atoms with van der Waals surface area (Å²) in [5, 5.41) is 0.0469. The summed E-state index contributed by atoms with van der Waals surface area (Å²) in [5.74, 6) is -0.140. The summed E-state index contributed by atoms with van der Waals surface area (Å²) in [5.41, 5.74) is 1.89. The number of carbonyl (C=O) groups is 2. The van der Waals surface area contributed by atoms with Gasteiger partial charge in [-0.1, -0.05) is 57.7 Å². The first-order chi connectivity index (χ1) is 15.0. The number of benzene rings is 2. The van der Waals surface area contributed by atoms with Gasteiger partial charge in [0.05, 0.1) is 19.6 Å². The van der Waals surface area contributed by atoms with Gasteiger partial charge in [0.15, 0.2) is 14.1 Å². The number of rotatable bonds is 8. The number of hydrogen-bond donors (Lipinski definition) is 0. The highest BCUT2D eigenvalue weighted by molar-refractivity contribution is 6.74. The van der Waals surface area contributed by atoms with Crippen molar-refractivity contribution in [2.24, 2.45) is 5.92 Å². The SMILES string of the molecule is C=C(CO[Si](C)(C)C(C)(C)C)[C@H]1C(=O)N(c2ccc(OC)cc2)[C@H]1C(=O)c1ccccc1. The molecular weight excluding hydrogens is 418 g/mol. The smallest absolute Gasteiger partial charge is 0.237 e. The van der Waals surface area contributed by atoms with Crippen LogP contribution >= 0.6 is 0 Å². The fourth-order valence-electron chi connectivity index (χ4n) is 3.54. The van der Waals surface area contributed by atoms with Crippen molar-refractivity contribution < 1.29 is 18.8 Å². The van der Waals surface area contributed by atoms with Crippen LogP contribution in [0.15, 0.2) is 66.7 Å². The lowest BCUT2D eigenvalue weighted by Crippen LogP contribution is -2.65. The van der Waals surface area contributed by atoms with Gasteiger partial charge >= 0.3 is 0 Å². The van der Waals surface area contributed by atoms with Gasteiger partial charge in [-0.05, 0) is 48.0 Å². The quantitative estimate of drug-likeness (QED) is 0.231. The van der Waals surface area contributed by atoms with Crippen LogP contribution in [0.4, 0.5) is 5.69 Å². The molecule has 1 heterocycles. The van der Waals surface area contributed by atoms with Crippen molar-refractivity contribution in [2.45, 2.75) is 44.9 Å². The van der Waals surface area contributed by atoms with Crippen molar-refractivity contribution in [2.75, 3.05) is 18.6 Å². The predicted octanol–water partition coefficient (Wildman–Crippen LogP) is 5.49. The molecule has 0 saturated carbocycles. The van der Waals surface area contributed by atoms with Crippen LogP contribution in [0.5, 0.6) is 5.75 Å². The molecule has 0 unspecified atom stereocenters. The number of anilines is 1. The Kier molecular flexibility index (Phi) is 6.77. The normalized spacial score (nSPS) is 18.8. The Labute approximate surface area is 192 Å². The molecule has 1 fully saturated rings. The van der Waals surface area contributed by atoms with Crippen molar-refractivity contribution in [3.8, 4) is 5.75 Å². The van der Waals surface area contributed by atoms with E-state index < -0.39 is 20.3 Å². The average molecular weight is 452 g/mol. The summed E-state index contributed by atoms with van der Waals surface area (Å²) in [7, 11) is -0.422. The zero-order valence-electron chi connectivity index (χ0n) is 19.8. The highest BCUT2D eigenvalue weighted by Gasteiger charge is 2.53. The van der Waals surface area contributed by atoms with Gasteiger partial charge in [-0.15, -0.1) is 0 Å². The van der Waals surface area contributed by atoms with Crippen LogP contribution in [0.1, 0.15) is 31.1 Å². The lowest BCUT2D eigenvalue weighted by molar-refractivity contribution is -0.127. The number of carbonyl (C=O) groups excluding carboxylic acids is 2. The number of ketones is 1. The molecule has 32 heavy (non-hydrogen) atoms. The molecule has 0 radical (unpaired) electrons. The Balaban J connectivity index is 1.88. The molecule has 0 spiro atoms. The molecule has 1 aliphatic rings. The highest BCUT2D eigenvalue weighted by atomic mass is 28.4. The van der Waals surface area contributed by atoms with E-state index in [1.807, 2.05) is 18.2 Å². The van der Waals surface area contributed by atoms with Crippen molar-refractivity contribution in [1.82, 2.24) is 0 Å². The van der Waals surface area contributed by atoms with Crippen LogP contribution in [-0.2, 0) is 9.22 Å². The molecule has 2 aromatic rings. The second-order valence-corrected chi connectivity index (χ2v) is 14.6. The first kappa shape index (κ1) is 23.9. The number of ether oxygens (including phenoxy) is 1. The van der Waals surface area contributed by atoms with E-state index >= 15 is 0 Å². The predicted molar refractivity (Wildman–Crippen MR) is 131 cm³/mol. The first-order valence-corrected chi connectivity index (χ1v) is 13.8. The van der Waals surface area contributed by atoms with E-state index in [-0.39, 0.29) is 23.3 Å². The van der Waals surface area contributed by atoms with E-state index in [2.05, 4.69) is 40.4 Å². The molecule has 3 rings (SSSR count). The topological polar surface area (TPSA) is 55.8 Å². The van der Waals surface area contributed by atoms with Gasteiger partial charge in [-0.3, -0.25) is 14.5 Å². The lowest BCUT2D eigenvalue weighted by atomic mass is 9.77. The van der Waals surface area contributed by atoms with E-state index in [1.54, 1.807) is 48.4 Å². The Morgan fingerprint density at radius 2 is 1.66 bits per heavy atom. The molecular formula is C26H33NO4Si. The van der Waals surface area contributed by atoms with Crippen molar-refractivity contribution in [3.63, 3.8) is 0 Å². The molecule has 1 aliphatic heterocycles. The van der Waals surface area contributed by atoms with E-state index in [9.17, 15) is 9.59 Å². The molecule has 2 aromatic carbocycles. The Morgan fingerprint density at radius 1 is 1.06 bits per heavy atom. The zero-order valence-corrected chi connectivity index (χ0v) is 20.8. The second kappa shape index (κ2) is 9.04. The van der Waals surface area contributed by atoms with E-state index in [0.29, 0.717) is 22.6 Å². The summed E-state index contributed by atoms with van der Waals surface area (Å²) in [6.45, 7) is 15.3. The van der Waals surface area contributed by atoms with Gasteiger partial charge in [-0.2, -0.15) is 0 Å². The van der Waals surface area contributed by atoms with Gasteiger partial charge in [0, 0.05) is 11.3 Å². The molecule has 1 saturated heterocycles. The third-order valence-electron chi connectivity index (χ3n) is 6.64.